The van der Waals surface area contributed by atoms with E-state index in [1.54, 1.807) is 4.90 Å². The van der Waals surface area contributed by atoms with Crippen LogP contribution < -0.4 is 9.47 Å². The molecule has 1 aromatic rings. The minimum Gasteiger partial charge on any atom is -0.495 e. The monoisotopic (exact) mass is 415 g/mol. The SMILES string of the molecule is COc1cc(C(=O)OCC(=O)N2C[C@@H](C)O[C@H](C)C2)cc(OC)c1Br. The molecular formula is C17H22BrNO6. The second-order valence-corrected chi connectivity index (χ2v) is 6.62. The molecule has 0 bridgehead atoms. The summed E-state index contributed by atoms with van der Waals surface area (Å²) in [6.07, 6.45) is -0.0770. The molecule has 1 fully saturated rings. The Balaban J connectivity index is 2.01. The van der Waals surface area contributed by atoms with Gasteiger partial charge in [-0.25, -0.2) is 4.79 Å². The summed E-state index contributed by atoms with van der Waals surface area (Å²) in [5.74, 6) is 0.0140. The molecule has 7 nitrogen and oxygen atoms in total. The summed E-state index contributed by atoms with van der Waals surface area (Å²) < 4.78 is 21.7. The first-order valence-electron chi connectivity index (χ1n) is 7.87. The Hall–Kier alpha value is -1.80. The largest absolute Gasteiger partial charge is 0.495 e. The molecule has 8 heteroatoms. The molecular weight excluding hydrogens is 394 g/mol. The van der Waals surface area contributed by atoms with Crippen LogP contribution in [0.2, 0.25) is 0 Å². The molecule has 1 aliphatic rings. The van der Waals surface area contributed by atoms with E-state index in [0.29, 0.717) is 29.1 Å². The number of rotatable bonds is 5. The molecule has 0 N–H and O–H groups in total. The van der Waals surface area contributed by atoms with Crippen LogP contribution in [0.4, 0.5) is 0 Å². The van der Waals surface area contributed by atoms with Crippen molar-refractivity contribution < 1.29 is 28.5 Å². The molecule has 1 amide bonds. The zero-order valence-electron chi connectivity index (χ0n) is 14.7. The molecule has 2 atom stereocenters. The molecule has 1 aliphatic heterocycles. The number of hydrogen-bond donors (Lipinski definition) is 0. The number of morpholine rings is 1. The van der Waals surface area contributed by atoms with Crippen molar-refractivity contribution in [2.75, 3.05) is 33.9 Å². The summed E-state index contributed by atoms with van der Waals surface area (Å²) >= 11 is 3.34. The third kappa shape index (κ3) is 4.85. The van der Waals surface area contributed by atoms with E-state index in [1.807, 2.05) is 13.8 Å². The van der Waals surface area contributed by atoms with Gasteiger partial charge in [0, 0.05) is 13.1 Å². The molecule has 1 heterocycles. The summed E-state index contributed by atoms with van der Waals surface area (Å²) in [6.45, 7) is 4.46. The van der Waals surface area contributed by atoms with Crippen LogP contribution in [-0.2, 0) is 14.3 Å². The number of benzene rings is 1. The second kappa shape index (κ2) is 8.53. The number of nitrogens with zero attached hydrogens (tertiary/aromatic N) is 1. The lowest BCUT2D eigenvalue weighted by Crippen LogP contribution is -2.49. The minimum absolute atomic E-state index is 0.0385. The Labute approximate surface area is 155 Å². The van der Waals surface area contributed by atoms with Crippen LogP contribution in [0.1, 0.15) is 24.2 Å². The highest BCUT2D eigenvalue weighted by atomic mass is 79.9. The fourth-order valence-electron chi connectivity index (χ4n) is 2.67. The van der Waals surface area contributed by atoms with Crippen LogP contribution in [0.25, 0.3) is 0 Å². The Morgan fingerprint density at radius 1 is 1.16 bits per heavy atom. The third-order valence-corrected chi connectivity index (χ3v) is 4.56. The molecule has 2 rings (SSSR count). The molecule has 1 saturated heterocycles. The summed E-state index contributed by atoms with van der Waals surface area (Å²) in [4.78, 5) is 26.2. The van der Waals surface area contributed by atoms with Crippen molar-refractivity contribution in [3.8, 4) is 11.5 Å². The Kier molecular flexibility index (Phi) is 6.66. The molecule has 138 valence electrons. The van der Waals surface area contributed by atoms with E-state index >= 15 is 0 Å². The first-order chi connectivity index (χ1) is 11.8. The van der Waals surface area contributed by atoms with Gasteiger partial charge in [0.05, 0.1) is 32.0 Å². The van der Waals surface area contributed by atoms with E-state index in [9.17, 15) is 9.59 Å². The first-order valence-corrected chi connectivity index (χ1v) is 8.66. The maximum absolute atomic E-state index is 12.3. The van der Waals surface area contributed by atoms with Gasteiger partial charge in [0.15, 0.2) is 6.61 Å². The first kappa shape index (κ1) is 19.5. The standard InChI is InChI=1S/C17H22BrNO6/c1-10-7-19(8-11(2)25-10)15(20)9-24-17(21)12-5-13(22-3)16(18)14(6-12)23-4/h5-6,10-11H,7-9H2,1-4H3/t10-,11-/m1/s1. The summed E-state index contributed by atoms with van der Waals surface area (Å²) in [5, 5.41) is 0. The van der Waals surface area contributed by atoms with Crippen LogP contribution in [0.3, 0.4) is 0 Å². The lowest BCUT2D eigenvalue weighted by Gasteiger charge is -2.35. The molecule has 0 spiro atoms. The van der Waals surface area contributed by atoms with Crippen LogP contribution in [-0.4, -0.2) is 62.9 Å². The summed E-state index contributed by atoms with van der Waals surface area (Å²) in [7, 11) is 2.97. The average Bonchev–Trinajstić information content (AvgIpc) is 2.58. The number of methoxy groups -OCH3 is 2. The quantitative estimate of drug-likeness (QED) is 0.686. The number of esters is 1. The Morgan fingerprint density at radius 3 is 2.16 bits per heavy atom. The zero-order valence-corrected chi connectivity index (χ0v) is 16.3. The molecule has 0 aromatic heterocycles. The molecule has 0 radical (unpaired) electrons. The van der Waals surface area contributed by atoms with Gasteiger partial charge >= 0.3 is 5.97 Å². The molecule has 0 unspecified atom stereocenters. The fourth-order valence-corrected chi connectivity index (χ4v) is 3.22. The highest BCUT2D eigenvalue weighted by Gasteiger charge is 2.26. The van der Waals surface area contributed by atoms with Crippen LogP contribution >= 0.6 is 15.9 Å². The predicted octanol–water partition coefficient (Wildman–Crippen LogP) is 2.26. The highest BCUT2D eigenvalue weighted by Crippen LogP contribution is 2.35. The maximum Gasteiger partial charge on any atom is 0.338 e. The van der Waals surface area contributed by atoms with Crippen molar-refractivity contribution in [2.24, 2.45) is 0 Å². The average molecular weight is 416 g/mol. The maximum atomic E-state index is 12.3. The van der Waals surface area contributed by atoms with Crippen molar-refractivity contribution in [3.63, 3.8) is 0 Å². The van der Waals surface area contributed by atoms with Crippen molar-refractivity contribution in [1.82, 2.24) is 4.90 Å². The van der Waals surface area contributed by atoms with Crippen molar-refractivity contribution in [1.29, 1.82) is 0 Å². The topological polar surface area (TPSA) is 74.3 Å². The van der Waals surface area contributed by atoms with Gasteiger partial charge in [-0.3, -0.25) is 4.79 Å². The normalized spacial score (nSPS) is 20.1. The van der Waals surface area contributed by atoms with E-state index < -0.39 is 5.97 Å². The van der Waals surface area contributed by atoms with Crippen molar-refractivity contribution >= 4 is 27.8 Å². The van der Waals surface area contributed by atoms with E-state index in [0.717, 1.165) is 0 Å². The number of hydrogen-bond acceptors (Lipinski definition) is 6. The highest BCUT2D eigenvalue weighted by molar-refractivity contribution is 9.10. The molecule has 0 aliphatic carbocycles. The van der Waals surface area contributed by atoms with Gasteiger partial charge in [-0.15, -0.1) is 0 Å². The van der Waals surface area contributed by atoms with Gasteiger partial charge in [0.1, 0.15) is 16.0 Å². The number of carbonyl (C=O) groups is 2. The van der Waals surface area contributed by atoms with Gasteiger partial charge in [0.2, 0.25) is 0 Å². The summed E-state index contributed by atoms with van der Waals surface area (Å²) in [6, 6.07) is 3.05. The second-order valence-electron chi connectivity index (χ2n) is 5.83. The van der Waals surface area contributed by atoms with Gasteiger partial charge in [0.25, 0.3) is 5.91 Å². The molecule has 1 aromatic carbocycles. The van der Waals surface area contributed by atoms with Crippen LogP contribution in [0.15, 0.2) is 16.6 Å². The van der Waals surface area contributed by atoms with E-state index in [-0.39, 0.29) is 30.3 Å². The van der Waals surface area contributed by atoms with E-state index in [2.05, 4.69) is 15.9 Å². The molecule has 0 saturated carbocycles. The van der Waals surface area contributed by atoms with E-state index in [4.69, 9.17) is 18.9 Å². The van der Waals surface area contributed by atoms with Gasteiger partial charge in [-0.05, 0) is 41.9 Å². The number of amides is 1. The smallest absolute Gasteiger partial charge is 0.338 e. The van der Waals surface area contributed by atoms with Gasteiger partial charge in [-0.1, -0.05) is 0 Å². The Bertz CT molecular complexity index is 615. The number of carbonyl (C=O) groups excluding carboxylic acids is 2. The summed E-state index contributed by atoms with van der Waals surface area (Å²) in [5.41, 5.74) is 0.244. The predicted molar refractivity (Wildman–Crippen MR) is 94.1 cm³/mol. The van der Waals surface area contributed by atoms with Gasteiger partial charge in [-0.2, -0.15) is 0 Å². The lowest BCUT2D eigenvalue weighted by molar-refractivity contribution is -0.146. The minimum atomic E-state index is -0.619. The molecule has 25 heavy (non-hydrogen) atoms. The van der Waals surface area contributed by atoms with Crippen LogP contribution in [0, 0.1) is 0 Å². The van der Waals surface area contributed by atoms with Crippen molar-refractivity contribution in [3.05, 3.63) is 22.2 Å². The number of halogens is 1. The Morgan fingerprint density at radius 2 is 1.68 bits per heavy atom. The van der Waals surface area contributed by atoms with Crippen molar-refractivity contribution in [2.45, 2.75) is 26.1 Å². The lowest BCUT2D eigenvalue weighted by atomic mass is 10.2. The fraction of sp³-hybridized carbons (Fsp3) is 0.529. The van der Waals surface area contributed by atoms with Crippen LogP contribution in [0.5, 0.6) is 11.5 Å². The zero-order chi connectivity index (χ0) is 18.6. The van der Waals surface area contributed by atoms with Gasteiger partial charge < -0.3 is 23.8 Å². The third-order valence-electron chi connectivity index (χ3n) is 3.78. The number of ether oxygens (including phenoxy) is 4. The van der Waals surface area contributed by atoms with E-state index in [1.165, 1.54) is 26.4 Å².